The normalized spacial score (nSPS) is 10.7. The van der Waals surface area contributed by atoms with Crippen LogP contribution in [0.1, 0.15) is 38.8 Å². The van der Waals surface area contributed by atoms with Gasteiger partial charge >= 0.3 is 0 Å². The first-order valence-corrected chi connectivity index (χ1v) is 5.46. The molecule has 1 rings (SSSR count). The summed E-state index contributed by atoms with van der Waals surface area (Å²) in [5.74, 6) is 0. The van der Waals surface area contributed by atoms with Gasteiger partial charge in [0.1, 0.15) is 0 Å². The van der Waals surface area contributed by atoms with Crippen molar-refractivity contribution in [1.29, 1.82) is 0 Å². The van der Waals surface area contributed by atoms with Crippen LogP contribution in [0.15, 0.2) is 6.20 Å². The molecule has 0 aliphatic heterocycles. The summed E-state index contributed by atoms with van der Waals surface area (Å²) in [7, 11) is 0. The van der Waals surface area contributed by atoms with Crippen LogP contribution in [-0.4, -0.2) is 21.5 Å². The van der Waals surface area contributed by atoms with Crippen molar-refractivity contribution in [2.45, 2.75) is 46.2 Å². The van der Waals surface area contributed by atoms with Crippen molar-refractivity contribution in [2.75, 3.05) is 6.54 Å². The maximum atomic E-state index is 4.08. The van der Waals surface area contributed by atoms with E-state index in [4.69, 9.17) is 0 Å². The first-order chi connectivity index (χ1) is 6.86. The minimum Gasteiger partial charge on any atom is -0.311 e. The quantitative estimate of drug-likeness (QED) is 0.673. The summed E-state index contributed by atoms with van der Waals surface area (Å²) in [5.41, 5.74) is 1.03. The van der Waals surface area contributed by atoms with Crippen LogP contribution >= 0.6 is 0 Å². The van der Waals surface area contributed by atoms with Gasteiger partial charge in [-0.3, -0.25) is 4.68 Å². The number of nitrogens with zero attached hydrogens (tertiary/aromatic N) is 3. The molecular weight excluding hydrogens is 176 g/mol. The lowest BCUT2D eigenvalue weighted by Gasteiger charge is -1.97. The zero-order valence-electron chi connectivity index (χ0n) is 9.16. The highest BCUT2D eigenvalue weighted by Gasteiger charge is 1.98. The summed E-state index contributed by atoms with van der Waals surface area (Å²) in [5, 5.41) is 11.4. The highest BCUT2D eigenvalue weighted by molar-refractivity contribution is 4.91. The molecule has 1 N–H and O–H groups in total. The Kier molecular flexibility index (Phi) is 5.22. The van der Waals surface area contributed by atoms with Gasteiger partial charge in [-0.2, -0.15) is 0 Å². The second-order valence-electron chi connectivity index (χ2n) is 3.46. The van der Waals surface area contributed by atoms with Crippen LogP contribution in [0.3, 0.4) is 0 Å². The third kappa shape index (κ3) is 3.87. The highest BCUT2D eigenvalue weighted by atomic mass is 15.4. The van der Waals surface area contributed by atoms with E-state index in [9.17, 15) is 0 Å². The van der Waals surface area contributed by atoms with Gasteiger partial charge in [-0.15, -0.1) is 5.10 Å². The van der Waals surface area contributed by atoms with E-state index in [2.05, 4.69) is 29.5 Å². The van der Waals surface area contributed by atoms with E-state index in [0.29, 0.717) is 0 Å². The Morgan fingerprint density at radius 1 is 1.36 bits per heavy atom. The van der Waals surface area contributed by atoms with E-state index < -0.39 is 0 Å². The smallest absolute Gasteiger partial charge is 0.0964 e. The van der Waals surface area contributed by atoms with Gasteiger partial charge < -0.3 is 5.32 Å². The van der Waals surface area contributed by atoms with Gasteiger partial charge in [-0.05, 0) is 13.0 Å². The van der Waals surface area contributed by atoms with Gasteiger partial charge in [0.15, 0.2) is 0 Å². The molecule has 0 bridgehead atoms. The molecule has 1 aromatic rings. The lowest BCUT2D eigenvalue weighted by atomic mass is 10.2. The molecule has 80 valence electrons. The van der Waals surface area contributed by atoms with Crippen molar-refractivity contribution in [2.24, 2.45) is 0 Å². The number of aryl methyl sites for hydroxylation is 1. The minimum atomic E-state index is 0.824. The monoisotopic (exact) mass is 196 g/mol. The van der Waals surface area contributed by atoms with Crippen molar-refractivity contribution < 1.29 is 0 Å². The van der Waals surface area contributed by atoms with Crippen molar-refractivity contribution in [1.82, 2.24) is 20.3 Å². The Bertz CT molecular complexity index is 244. The van der Waals surface area contributed by atoms with Crippen molar-refractivity contribution in [3.8, 4) is 0 Å². The predicted molar refractivity (Wildman–Crippen MR) is 56.9 cm³/mol. The van der Waals surface area contributed by atoms with Crippen LogP contribution in [0.5, 0.6) is 0 Å². The van der Waals surface area contributed by atoms with Crippen molar-refractivity contribution in [3.05, 3.63) is 11.9 Å². The van der Waals surface area contributed by atoms with Gasteiger partial charge in [0.05, 0.1) is 5.69 Å². The molecule has 0 fully saturated rings. The maximum absolute atomic E-state index is 4.08. The van der Waals surface area contributed by atoms with Gasteiger partial charge in [0.2, 0.25) is 0 Å². The molecule has 0 amide bonds. The van der Waals surface area contributed by atoms with Crippen molar-refractivity contribution >= 4 is 0 Å². The zero-order chi connectivity index (χ0) is 10.2. The maximum Gasteiger partial charge on any atom is 0.0964 e. The first kappa shape index (κ1) is 11.2. The molecule has 4 heteroatoms. The van der Waals surface area contributed by atoms with Crippen LogP contribution in [-0.2, 0) is 13.1 Å². The van der Waals surface area contributed by atoms with Gasteiger partial charge in [-0.1, -0.05) is 31.9 Å². The van der Waals surface area contributed by atoms with Crippen LogP contribution < -0.4 is 5.32 Å². The average molecular weight is 196 g/mol. The Balaban J connectivity index is 2.27. The minimum absolute atomic E-state index is 0.824. The molecule has 0 aliphatic carbocycles. The van der Waals surface area contributed by atoms with Crippen molar-refractivity contribution in [3.63, 3.8) is 0 Å². The molecule has 0 aromatic carbocycles. The summed E-state index contributed by atoms with van der Waals surface area (Å²) in [4.78, 5) is 0. The molecule has 0 spiro atoms. The topological polar surface area (TPSA) is 42.7 Å². The van der Waals surface area contributed by atoms with Crippen LogP contribution in [0.2, 0.25) is 0 Å². The molecule has 1 aromatic heterocycles. The molecule has 0 saturated heterocycles. The summed E-state index contributed by atoms with van der Waals surface area (Å²) in [6.45, 7) is 7.09. The number of nitrogens with one attached hydrogen (secondary N) is 1. The third-order valence-corrected chi connectivity index (χ3v) is 2.13. The fraction of sp³-hybridized carbons (Fsp3) is 0.800. The van der Waals surface area contributed by atoms with Crippen LogP contribution in [0.4, 0.5) is 0 Å². The molecule has 4 nitrogen and oxygen atoms in total. The predicted octanol–water partition coefficient (Wildman–Crippen LogP) is 1.58. The van der Waals surface area contributed by atoms with E-state index in [0.717, 1.165) is 25.3 Å². The Morgan fingerprint density at radius 2 is 2.21 bits per heavy atom. The summed E-state index contributed by atoms with van der Waals surface area (Å²) >= 11 is 0. The molecule has 0 atom stereocenters. The molecular formula is C10H20N4. The molecule has 0 aliphatic rings. The standard InChI is InChI=1S/C10H20N4/c1-3-5-6-7-14-9-10(12-13-14)8-11-4-2/h9,11H,3-8H2,1-2H3. The van der Waals surface area contributed by atoms with E-state index in [1.54, 1.807) is 0 Å². The largest absolute Gasteiger partial charge is 0.311 e. The number of unbranched alkanes of at least 4 members (excludes halogenated alkanes) is 2. The lowest BCUT2D eigenvalue weighted by Crippen LogP contribution is -2.11. The average Bonchev–Trinajstić information content (AvgIpc) is 2.63. The second-order valence-corrected chi connectivity index (χ2v) is 3.46. The Hall–Kier alpha value is -0.900. The van der Waals surface area contributed by atoms with Gasteiger partial charge in [0.25, 0.3) is 0 Å². The molecule has 0 unspecified atom stereocenters. The SMILES string of the molecule is CCCCCn1cc(CNCC)nn1. The number of rotatable bonds is 7. The number of hydrogen-bond donors (Lipinski definition) is 1. The summed E-state index contributed by atoms with van der Waals surface area (Å²) in [6.07, 6.45) is 5.74. The van der Waals surface area contributed by atoms with Gasteiger partial charge in [-0.25, -0.2) is 0 Å². The fourth-order valence-corrected chi connectivity index (χ4v) is 1.31. The van der Waals surface area contributed by atoms with E-state index in [-0.39, 0.29) is 0 Å². The lowest BCUT2D eigenvalue weighted by molar-refractivity contribution is 0.537. The highest BCUT2D eigenvalue weighted by Crippen LogP contribution is 1.98. The van der Waals surface area contributed by atoms with E-state index in [1.807, 2.05) is 10.9 Å². The number of hydrogen-bond acceptors (Lipinski definition) is 3. The first-order valence-electron chi connectivity index (χ1n) is 5.46. The second kappa shape index (κ2) is 6.54. The third-order valence-electron chi connectivity index (χ3n) is 2.13. The number of aromatic nitrogens is 3. The molecule has 0 radical (unpaired) electrons. The van der Waals surface area contributed by atoms with E-state index >= 15 is 0 Å². The Morgan fingerprint density at radius 3 is 2.93 bits per heavy atom. The van der Waals surface area contributed by atoms with Crippen LogP contribution in [0, 0.1) is 0 Å². The van der Waals surface area contributed by atoms with E-state index in [1.165, 1.54) is 19.3 Å². The fourth-order valence-electron chi connectivity index (χ4n) is 1.31. The Labute approximate surface area is 85.7 Å². The van der Waals surface area contributed by atoms with Gasteiger partial charge in [0, 0.05) is 19.3 Å². The summed E-state index contributed by atoms with van der Waals surface area (Å²) < 4.78 is 1.93. The van der Waals surface area contributed by atoms with Crippen LogP contribution in [0.25, 0.3) is 0 Å². The molecule has 14 heavy (non-hydrogen) atoms. The molecule has 1 heterocycles. The molecule has 0 saturated carbocycles. The zero-order valence-corrected chi connectivity index (χ0v) is 9.16. The summed E-state index contributed by atoms with van der Waals surface area (Å²) in [6, 6.07) is 0.